The minimum Gasteiger partial charge on any atom is -0.392 e. The molecule has 3 N–H and O–H groups in total. The fraction of sp³-hybridized carbons (Fsp3) is 0.750. The van der Waals surface area contributed by atoms with Crippen LogP contribution in [0.25, 0.3) is 0 Å². The maximum Gasteiger partial charge on any atom is 0.260 e. The van der Waals surface area contributed by atoms with Gasteiger partial charge >= 0.3 is 0 Å². The van der Waals surface area contributed by atoms with Gasteiger partial charge in [-0.05, 0) is 32.6 Å². The molecule has 0 spiro atoms. The number of hydrogen-bond donors (Lipinski definition) is 3. The molecule has 0 aliphatic carbocycles. The van der Waals surface area contributed by atoms with E-state index in [-0.39, 0.29) is 17.7 Å². The monoisotopic (exact) mass is 289 g/mol. The number of hydrogen-bond acceptors (Lipinski definition) is 4. The van der Waals surface area contributed by atoms with E-state index < -0.39 is 10.0 Å². The van der Waals surface area contributed by atoms with Crippen molar-refractivity contribution in [2.75, 3.05) is 0 Å². The molecule has 110 valence electrons. The second-order valence-electron chi connectivity index (χ2n) is 5.28. The normalized spacial score (nSPS) is 14.0. The molecule has 0 amide bonds. The second-order valence-corrected chi connectivity index (χ2v) is 6.91. The maximum absolute atomic E-state index is 12.2. The van der Waals surface area contributed by atoms with Gasteiger partial charge in [-0.15, -0.1) is 0 Å². The largest absolute Gasteiger partial charge is 0.392 e. The smallest absolute Gasteiger partial charge is 0.260 e. The number of nitrogens with zero attached hydrogens (tertiary/aromatic N) is 1. The lowest BCUT2D eigenvalue weighted by molar-refractivity contribution is 0.277. The van der Waals surface area contributed by atoms with Gasteiger partial charge in [0, 0.05) is 17.3 Å². The quantitative estimate of drug-likeness (QED) is 0.705. The van der Waals surface area contributed by atoms with Gasteiger partial charge in [-0.25, -0.2) is 13.1 Å². The first-order chi connectivity index (χ1) is 8.77. The van der Waals surface area contributed by atoms with E-state index in [9.17, 15) is 13.5 Å². The molecule has 0 aliphatic rings. The van der Waals surface area contributed by atoms with Crippen LogP contribution in [-0.4, -0.2) is 29.8 Å². The Morgan fingerprint density at radius 3 is 2.47 bits per heavy atom. The van der Waals surface area contributed by atoms with Crippen molar-refractivity contribution in [3.05, 3.63) is 11.3 Å². The van der Waals surface area contributed by atoms with E-state index in [2.05, 4.69) is 28.8 Å². The lowest BCUT2D eigenvalue weighted by Gasteiger charge is -2.14. The molecule has 1 rings (SSSR count). The lowest BCUT2D eigenvalue weighted by Crippen LogP contribution is -2.33. The summed E-state index contributed by atoms with van der Waals surface area (Å²) in [5, 5.41) is 15.5. The molecule has 6 nitrogen and oxygen atoms in total. The highest BCUT2D eigenvalue weighted by molar-refractivity contribution is 7.89. The first-order valence-electron chi connectivity index (χ1n) is 6.45. The average Bonchev–Trinajstić information content (AvgIpc) is 2.68. The van der Waals surface area contributed by atoms with Crippen LogP contribution < -0.4 is 4.72 Å². The van der Waals surface area contributed by atoms with Gasteiger partial charge in [0.15, 0.2) is 5.03 Å². The first kappa shape index (κ1) is 16.1. The predicted octanol–water partition coefficient (Wildman–Crippen LogP) is 1.31. The number of aromatic nitrogens is 2. The van der Waals surface area contributed by atoms with Crippen LogP contribution in [0, 0.1) is 12.8 Å². The van der Waals surface area contributed by atoms with Crippen LogP contribution in [0.4, 0.5) is 0 Å². The summed E-state index contributed by atoms with van der Waals surface area (Å²) in [6.07, 6.45) is 1.73. The van der Waals surface area contributed by atoms with Crippen LogP contribution in [0.1, 0.15) is 44.9 Å². The number of aromatic amines is 1. The second kappa shape index (κ2) is 6.49. The van der Waals surface area contributed by atoms with E-state index >= 15 is 0 Å². The molecule has 1 atom stereocenters. The summed E-state index contributed by atoms with van der Waals surface area (Å²) in [7, 11) is -3.68. The van der Waals surface area contributed by atoms with Gasteiger partial charge in [0.25, 0.3) is 10.0 Å². The highest BCUT2D eigenvalue weighted by atomic mass is 32.2. The van der Waals surface area contributed by atoms with E-state index in [1.165, 1.54) is 0 Å². The highest BCUT2D eigenvalue weighted by Crippen LogP contribution is 2.17. The number of H-pyrrole nitrogens is 1. The van der Waals surface area contributed by atoms with E-state index in [1.807, 2.05) is 6.92 Å². The minimum atomic E-state index is -3.68. The Hall–Kier alpha value is -0.920. The summed E-state index contributed by atoms with van der Waals surface area (Å²) in [5.74, 6) is 0.535. The van der Waals surface area contributed by atoms with E-state index in [0.29, 0.717) is 17.2 Å². The van der Waals surface area contributed by atoms with E-state index in [0.717, 1.165) is 12.8 Å². The molecule has 7 heteroatoms. The Morgan fingerprint density at radius 2 is 1.95 bits per heavy atom. The van der Waals surface area contributed by atoms with Crippen LogP contribution >= 0.6 is 0 Å². The number of aryl methyl sites for hydroxylation is 1. The number of nitrogens with one attached hydrogen (secondary N) is 2. The van der Waals surface area contributed by atoms with Gasteiger partial charge in [0.05, 0.1) is 6.61 Å². The van der Waals surface area contributed by atoms with Crippen LogP contribution in [0.5, 0.6) is 0 Å². The Kier molecular flexibility index (Phi) is 5.51. The van der Waals surface area contributed by atoms with Crippen LogP contribution in [-0.2, 0) is 16.6 Å². The first-order valence-corrected chi connectivity index (χ1v) is 7.93. The van der Waals surface area contributed by atoms with Crippen molar-refractivity contribution in [3.8, 4) is 0 Å². The number of sulfonamides is 1. The van der Waals surface area contributed by atoms with Gasteiger partial charge < -0.3 is 5.11 Å². The standard InChI is InChI=1S/C12H23N3O3S/c1-8(2)5-6-9(3)15-19(17,18)12-11(7-16)10(4)13-14-12/h8-9,15-16H,5-7H2,1-4H3,(H,13,14). The molecule has 0 bridgehead atoms. The Balaban J connectivity index is 2.81. The van der Waals surface area contributed by atoms with Crippen molar-refractivity contribution in [2.24, 2.45) is 5.92 Å². The topological polar surface area (TPSA) is 95.1 Å². The van der Waals surface area contributed by atoms with Crippen LogP contribution in [0.2, 0.25) is 0 Å². The predicted molar refractivity (Wildman–Crippen MR) is 73.1 cm³/mol. The average molecular weight is 289 g/mol. The molecule has 19 heavy (non-hydrogen) atoms. The minimum absolute atomic E-state index is 0.108. The molecule has 0 saturated heterocycles. The third-order valence-electron chi connectivity index (χ3n) is 2.98. The summed E-state index contributed by atoms with van der Waals surface area (Å²) >= 11 is 0. The molecule has 0 aliphatic heterocycles. The zero-order valence-corrected chi connectivity index (χ0v) is 12.7. The molecule has 1 aromatic heterocycles. The fourth-order valence-electron chi connectivity index (χ4n) is 1.80. The van der Waals surface area contributed by atoms with Crippen LogP contribution in [0.15, 0.2) is 5.03 Å². The Morgan fingerprint density at radius 1 is 1.32 bits per heavy atom. The molecule has 1 heterocycles. The van der Waals surface area contributed by atoms with Crippen molar-refractivity contribution >= 4 is 10.0 Å². The zero-order chi connectivity index (χ0) is 14.6. The summed E-state index contributed by atoms with van der Waals surface area (Å²) in [6.45, 7) is 7.36. The molecule has 1 aromatic rings. The van der Waals surface area contributed by atoms with Crippen molar-refractivity contribution in [2.45, 2.75) is 58.2 Å². The lowest BCUT2D eigenvalue weighted by atomic mass is 10.1. The molecule has 1 unspecified atom stereocenters. The van der Waals surface area contributed by atoms with E-state index in [4.69, 9.17) is 0 Å². The van der Waals surface area contributed by atoms with Gasteiger partial charge in [-0.1, -0.05) is 13.8 Å². The molecule has 0 fully saturated rings. The number of rotatable bonds is 7. The highest BCUT2D eigenvalue weighted by Gasteiger charge is 2.24. The van der Waals surface area contributed by atoms with Crippen molar-refractivity contribution in [1.29, 1.82) is 0 Å². The van der Waals surface area contributed by atoms with Gasteiger partial charge in [-0.2, -0.15) is 5.10 Å². The number of aliphatic hydroxyl groups is 1. The molecule has 0 aromatic carbocycles. The maximum atomic E-state index is 12.2. The summed E-state index contributed by atoms with van der Waals surface area (Å²) in [5.41, 5.74) is 0.890. The molecular formula is C12H23N3O3S. The molecule has 0 saturated carbocycles. The van der Waals surface area contributed by atoms with Crippen molar-refractivity contribution < 1.29 is 13.5 Å². The van der Waals surface area contributed by atoms with Gasteiger partial charge in [0.2, 0.25) is 0 Å². The molecular weight excluding hydrogens is 266 g/mol. The summed E-state index contributed by atoms with van der Waals surface area (Å²) in [6, 6.07) is -0.157. The SMILES string of the molecule is Cc1[nH]nc(S(=O)(=O)NC(C)CCC(C)C)c1CO. The van der Waals surface area contributed by atoms with E-state index in [1.54, 1.807) is 6.92 Å². The third kappa shape index (κ3) is 4.29. The van der Waals surface area contributed by atoms with Crippen LogP contribution in [0.3, 0.4) is 0 Å². The molecule has 0 radical (unpaired) electrons. The Labute approximate surface area is 114 Å². The number of aliphatic hydroxyl groups excluding tert-OH is 1. The summed E-state index contributed by atoms with van der Waals surface area (Å²) < 4.78 is 26.9. The van der Waals surface area contributed by atoms with Crippen molar-refractivity contribution in [3.63, 3.8) is 0 Å². The van der Waals surface area contributed by atoms with Crippen molar-refractivity contribution in [1.82, 2.24) is 14.9 Å². The Bertz CT molecular complexity index is 508. The fourth-order valence-corrected chi connectivity index (χ4v) is 3.27. The summed E-state index contributed by atoms with van der Waals surface area (Å²) in [4.78, 5) is 0. The van der Waals surface area contributed by atoms with Gasteiger partial charge in [0.1, 0.15) is 0 Å². The third-order valence-corrected chi connectivity index (χ3v) is 4.54. The van der Waals surface area contributed by atoms with Gasteiger partial charge in [-0.3, -0.25) is 5.10 Å². The zero-order valence-electron chi connectivity index (χ0n) is 11.9.